The van der Waals surface area contributed by atoms with Crippen LogP contribution in [-0.4, -0.2) is 26.6 Å². The number of rotatable bonds is 8. The highest BCUT2D eigenvalue weighted by molar-refractivity contribution is 6.32. The van der Waals surface area contributed by atoms with E-state index in [1.54, 1.807) is 30.3 Å². The highest BCUT2D eigenvalue weighted by atomic mass is 35.5. The maximum atomic E-state index is 11.8. The van der Waals surface area contributed by atoms with E-state index in [0.29, 0.717) is 28.7 Å². The SMILES string of the molecule is CCOc1cc(/C=C\c2nc(O)c([N+](=O)[O-])c(=O)[nH]2)cc(Cl)c1OCc1ccc(Cl)cc1. The first-order chi connectivity index (χ1) is 15.3. The number of hydrogen-bond acceptors (Lipinski definition) is 7. The lowest BCUT2D eigenvalue weighted by Gasteiger charge is -2.14. The molecular formula is C21H17Cl2N3O6. The third-order valence-corrected chi connectivity index (χ3v) is 4.67. The van der Waals surface area contributed by atoms with Crippen LogP contribution in [0, 0.1) is 10.1 Å². The van der Waals surface area contributed by atoms with Gasteiger partial charge in [0.1, 0.15) is 12.4 Å². The van der Waals surface area contributed by atoms with Crippen LogP contribution in [-0.2, 0) is 6.61 Å². The minimum Gasteiger partial charge on any atom is -0.490 e. The Morgan fingerprint density at radius 1 is 1.19 bits per heavy atom. The molecule has 0 aliphatic heterocycles. The average molecular weight is 478 g/mol. The smallest absolute Gasteiger partial charge is 0.395 e. The van der Waals surface area contributed by atoms with Gasteiger partial charge in [-0.3, -0.25) is 14.9 Å². The first-order valence-corrected chi connectivity index (χ1v) is 10.0. The van der Waals surface area contributed by atoms with Gasteiger partial charge in [0.15, 0.2) is 11.5 Å². The molecule has 0 aliphatic rings. The number of aromatic hydroxyl groups is 1. The second kappa shape index (κ2) is 10.2. The van der Waals surface area contributed by atoms with Crippen molar-refractivity contribution in [3.63, 3.8) is 0 Å². The summed E-state index contributed by atoms with van der Waals surface area (Å²) >= 11 is 12.3. The molecule has 9 nitrogen and oxygen atoms in total. The Bertz CT molecular complexity index is 1230. The fraction of sp³-hybridized carbons (Fsp3) is 0.143. The Labute approximate surface area is 192 Å². The molecule has 166 valence electrons. The molecule has 0 saturated heterocycles. The average Bonchev–Trinajstić information content (AvgIpc) is 2.72. The van der Waals surface area contributed by atoms with Gasteiger partial charge in [-0.15, -0.1) is 0 Å². The first kappa shape index (κ1) is 23.1. The van der Waals surface area contributed by atoms with Crippen molar-refractivity contribution in [1.82, 2.24) is 9.97 Å². The van der Waals surface area contributed by atoms with Gasteiger partial charge in [-0.05, 0) is 48.4 Å². The molecule has 0 radical (unpaired) electrons. The molecule has 0 saturated carbocycles. The predicted octanol–water partition coefficient (Wildman–Crippen LogP) is 4.84. The highest BCUT2D eigenvalue weighted by Crippen LogP contribution is 2.37. The summed E-state index contributed by atoms with van der Waals surface area (Å²) in [5.74, 6) is -0.283. The predicted molar refractivity (Wildman–Crippen MR) is 121 cm³/mol. The van der Waals surface area contributed by atoms with E-state index in [2.05, 4.69) is 9.97 Å². The molecule has 2 aromatic carbocycles. The van der Waals surface area contributed by atoms with E-state index >= 15 is 0 Å². The lowest BCUT2D eigenvalue weighted by Crippen LogP contribution is -2.14. The molecule has 0 spiro atoms. The fourth-order valence-corrected chi connectivity index (χ4v) is 3.11. The number of nitro groups is 1. The zero-order valence-corrected chi connectivity index (χ0v) is 18.2. The van der Waals surface area contributed by atoms with Gasteiger partial charge >= 0.3 is 11.2 Å². The Kier molecular flexibility index (Phi) is 7.34. The zero-order valence-electron chi connectivity index (χ0n) is 16.7. The summed E-state index contributed by atoms with van der Waals surface area (Å²) in [6.07, 6.45) is 2.90. The van der Waals surface area contributed by atoms with Gasteiger partial charge in [-0.25, -0.2) is 0 Å². The van der Waals surface area contributed by atoms with E-state index in [1.165, 1.54) is 6.08 Å². The van der Waals surface area contributed by atoms with E-state index in [0.717, 1.165) is 5.56 Å². The number of hydrogen-bond donors (Lipinski definition) is 2. The lowest BCUT2D eigenvalue weighted by atomic mass is 10.1. The normalized spacial score (nSPS) is 11.0. The molecule has 3 aromatic rings. The van der Waals surface area contributed by atoms with Gasteiger partial charge in [0.25, 0.3) is 5.88 Å². The van der Waals surface area contributed by atoms with E-state index < -0.39 is 22.0 Å². The summed E-state index contributed by atoms with van der Waals surface area (Å²) in [5.41, 5.74) is -0.616. The van der Waals surface area contributed by atoms with Crippen LogP contribution in [0.3, 0.4) is 0 Å². The minimum atomic E-state index is -1.07. The molecule has 0 amide bonds. The molecule has 2 N–H and O–H groups in total. The van der Waals surface area contributed by atoms with Crippen molar-refractivity contribution >= 4 is 41.0 Å². The Balaban J connectivity index is 1.86. The van der Waals surface area contributed by atoms with Crippen LogP contribution < -0.4 is 15.0 Å². The zero-order chi connectivity index (χ0) is 23.3. The summed E-state index contributed by atoms with van der Waals surface area (Å²) in [7, 11) is 0. The van der Waals surface area contributed by atoms with Crippen LogP contribution in [0.1, 0.15) is 23.9 Å². The maximum absolute atomic E-state index is 11.8. The van der Waals surface area contributed by atoms with E-state index in [1.807, 2.05) is 19.1 Å². The second-order valence-corrected chi connectivity index (χ2v) is 7.24. The number of halogens is 2. The monoisotopic (exact) mass is 477 g/mol. The molecule has 0 fully saturated rings. The van der Waals surface area contributed by atoms with Crippen molar-refractivity contribution in [3.05, 3.63) is 83.9 Å². The number of aromatic nitrogens is 2. The van der Waals surface area contributed by atoms with Crippen molar-refractivity contribution in [3.8, 4) is 17.4 Å². The number of nitrogens with zero attached hydrogens (tertiary/aromatic N) is 2. The summed E-state index contributed by atoms with van der Waals surface area (Å²) in [4.78, 5) is 27.4. The molecule has 11 heteroatoms. The summed E-state index contributed by atoms with van der Waals surface area (Å²) in [5, 5.41) is 21.3. The van der Waals surface area contributed by atoms with Gasteiger partial charge in [-0.1, -0.05) is 41.4 Å². The summed E-state index contributed by atoms with van der Waals surface area (Å²) < 4.78 is 11.5. The Morgan fingerprint density at radius 2 is 1.91 bits per heavy atom. The molecule has 3 rings (SSSR count). The maximum Gasteiger partial charge on any atom is 0.395 e. The topological polar surface area (TPSA) is 128 Å². The van der Waals surface area contributed by atoms with Gasteiger partial charge in [0, 0.05) is 5.02 Å². The standard InChI is InChI=1S/C21H17Cl2N3O6/c1-2-31-16-10-13(5-8-17-24-20(27)18(26(29)30)21(28)25-17)9-15(23)19(16)32-11-12-3-6-14(22)7-4-12/h3-10H,2,11H2,1H3,(H2,24,25,27,28)/b8-5-. The van der Waals surface area contributed by atoms with Gasteiger partial charge < -0.3 is 19.6 Å². The lowest BCUT2D eigenvalue weighted by molar-refractivity contribution is -0.387. The van der Waals surface area contributed by atoms with Crippen LogP contribution in [0.4, 0.5) is 5.69 Å². The Morgan fingerprint density at radius 3 is 2.53 bits per heavy atom. The number of benzene rings is 2. The largest absolute Gasteiger partial charge is 0.490 e. The molecule has 0 aliphatic carbocycles. The quantitative estimate of drug-likeness (QED) is 0.350. The van der Waals surface area contributed by atoms with Crippen LogP contribution in [0.15, 0.2) is 41.2 Å². The van der Waals surface area contributed by atoms with E-state index in [4.69, 9.17) is 32.7 Å². The number of aromatic amines is 1. The highest BCUT2D eigenvalue weighted by Gasteiger charge is 2.21. The van der Waals surface area contributed by atoms with Crippen molar-refractivity contribution in [2.75, 3.05) is 6.61 Å². The van der Waals surface area contributed by atoms with Crippen molar-refractivity contribution in [2.45, 2.75) is 13.5 Å². The Hall–Kier alpha value is -3.56. The van der Waals surface area contributed by atoms with Crippen LogP contribution in [0.25, 0.3) is 12.2 Å². The van der Waals surface area contributed by atoms with Crippen LogP contribution in [0.5, 0.6) is 17.4 Å². The van der Waals surface area contributed by atoms with E-state index in [-0.39, 0.29) is 17.5 Å². The number of nitrogens with one attached hydrogen (secondary N) is 1. The third kappa shape index (κ3) is 5.57. The van der Waals surface area contributed by atoms with Gasteiger partial charge in [0.2, 0.25) is 0 Å². The molecule has 0 unspecified atom stereocenters. The number of ether oxygens (including phenoxy) is 2. The molecule has 0 bridgehead atoms. The van der Waals surface area contributed by atoms with Crippen LogP contribution in [0.2, 0.25) is 10.0 Å². The van der Waals surface area contributed by atoms with Gasteiger partial charge in [0.05, 0.1) is 16.6 Å². The van der Waals surface area contributed by atoms with Crippen LogP contribution >= 0.6 is 23.2 Å². The van der Waals surface area contributed by atoms with Crippen molar-refractivity contribution in [2.24, 2.45) is 0 Å². The molecule has 1 heterocycles. The van der Waals surface area contributed by atoms with Crippen molar-refractivity contribution in [1.29, 1.82) is 0 Å². The molecule has 0 atom stereocenters. The van der Waals surface area contributed by atoms with E-state index in [9.17, 15) is 20.0 Å². The third-order valence-electron chi connectivity index (χ3n) is 4.14. The first-order valence-electron chi connectivity index (χ1n) is 9.27. The minimum absolute atomic E-state index is 0.0738. The van der Waals surface area contributed by atoms with Crippen molar-refractivity contribution < 1.29 is 19.5 Å². The molecule has 32 heavy (non-hydrogen) atoms. The summed E-state index contributed by atoms with van der Waals surface area (Å²) in [6.45, 7) is 2.43. The van der Waals surface area contributed by atoms with Gasteiger partial charge in [-0.2, -0.15) is 4.98 Å². The fourth-order valence-electron chi connectivity index (χ4n) is 2.71. The number of H-pyrrole nitrogens is 1. The second-order valence-electron chi connectivity index (χ2n) is 6.39. The molecule has 1 aromatic heterocycles. The summed E-state index contributed by atoms with van der Waals surface area (Å²) in [6, 6.07) is 10.5. The molecular weight excluding hydrogens is 461 g/mol.